The molecule has 438 valence electrons. The molecular weight excluding hydrogens is 1130 g/mol. The Balaban J connectivity index is 1.31. The van der Waals surface area contributed by atoms with Gasteiger partial charge in [0.2, 0.25) is 0 Å². The molecule has 0 radical (unpaired) electrons. The summed E-state index contributed by atoms with van der Waals surface area (Å²) in [5.74, 6) is -2.00. The Kier molecular flexibility index (Phi) is 19.4. The number of allylic oxidation sites excluding steroid dienone is 3. The first kappa shape index (κ1) is 62.1. The van der Waals surface area contributed by atoms with Gasteiger partial charge in [-0.15, -0.1) is 5.06 Å². The molecule has 2 unspecified atom stereocenters. The van der Waals surface area contributed by atoms with Crippen molar-refractivity contribution < 1.29 is 94.8 Å². The summed E-state index contributed by atoms with van der Waals surface area (Å²) in [5, 5.41) is 0.607. The first-order valence-corrected chi connectivity index (χ1v) is 31.1. The summed E-state index contributed by atoms with van der Waals surface area (Å²) in [4.78, 5) is 42.6. The van der Waals surface area contributed by atoms with Gasteiger partial charge < -0.3 is 38.3 Å². The fourth-order valence-electron chi connectivity index (χ4n) is 10.7. The predicted octanol–water partition coefficient (Wildman–Crippen LogP) is 5.56. The maximum atomic E-state index is 12.9. The fourth-order valence-corrected chi connectivity index (χ4v) is 13.4. The first-order chi connectivity index (χ1) is 37.5. The maximum absolute atomic E-state index is 12.9. The van der Waals surface area contributed by atoms with Crippen molar-refractivity contribution in [2.45, 2.75) is 102 Å². The van der Waals surface area contributed by atoms with Gasteiger partial charge in [-0.05, 0) is 83.6 Å². The average Bonchev–Trinajstić information content (AvgIpc) is 4.15. The minimum atomic E-state index is -5.08. The minimum Gasteiger partial charge on any atom is -0.383 e. The highest BCUT2D eigenvalue weighted by molar-refractivity contribution is 7.87. The summed E-state index contributed by atoms with van der Waals surface area (Å²) in [6.07, 6.45) is 6.55. The molecule has 4 N–H and O–H groups in total. The molecule has 3 heterocycles. The topological polar surface area (TPSA) is 334 Å². The first-order valence-electron chi connectivity index (χ1n) is 25.4. The highest BCUT2D eigenvalue weighted by Gasteiger charge is 2.48. The van der Waals surface area contributed by atoms with Crippen molar-refractivity contribution in [1.29, 1.82) is 0 Å². The monoisotopic (exact) mass is 1200 g/mol. The molecule has 80 heavy (non-hydrogen) atoms. The number of hydrogen-bond acceptors (Lipinski definition) is 19. The lowest BCUT2D eigenvalue weighted by Gasteiger charge is -2.35. The van der Waals surface area contributed by atoms with Gasteiger partial charge in [-0.3, -0.25) is 27.8 Å². The van der Waals surface area contributed by atoms with Crippen molar-refractivity contribution >= 4 is 91.2 Å². The van der Waals surface area contributed by atoms with Gasteiger partial charge in [0.05, 0.1) is 62.1 Å². The van der Waals surface area contributed by atoms with Crippen LogP contribution in [0.15, 0.2) is 92.0 Å². The normalized spacial score (nSPS) is 19.1. The van der Waals surface area contributed by atoms with Crippen LogP contribution >= 0.6 is 0 Å². The number of benzene rings is 4. The highest BCUT2D eigenvalue weighted by Crippen LogP contribution is 2.54. The van der Waals surface area contributed by atoms with E-state index in [1.807, 2.05) is 36.6 Å². The minimum absolute atomic E-state index is 0.0262. The standard InChI is InChI=1S/C52H65N3O21S4/c1-51(2)44(53(20-8-6-7-12-48(58)76-55-46(56)17-18-47(55)57)40-15-13-36-38(49(40)51)30-34(77(59,60)61)32-42(36)79(65,66)67)10-9-11-45-52(3,19-22-73-26-27-75-29-28-74-25-24-72-5)50-39-31-35(78(62,63)64)33-43(80(68,69)70)37(39)14-16-41(50)54(45)21-23-71-4/h9-11,13-16,30-33,45H,6-8,12,17-29H2,1-5H3,(H,59,60,61)(H,62,63,64)(H,65,66,67)(H,68,69,70)/b11-9+,44-10+. The second-order valence-electron chi connectivity index (χ2n) is 20.1. The molecule has 0 aliphatic carbocycles. The molecule has 0 spiro atoms. The fraction of sp³-hybridized carbons (Fsp3) is 0.481. The summed E-state index contributed by atoms with van der Waals surface area (Å²) in [5.41, 5.74) is 0.344. The number of hydrogen-bond donors (Lipinski definition) is 4. The van der Waals surface area contributed by atoms with Crippen molar-refractivity contribution in [3.05, 3.63) is 83.6 Å². The third-order valence-corrected chi connectivity index (χ3v) is 17.9. The van der Waals surface area contributed by atoms with E-state index in [1.54, 1.807) is 31.4 Å². The van der Waals surface area contributed by atoms with Crippen LogP contribution in [0.4, 0.5) is 11.4 Å². The van der Waals surface area contributed by atoms with E-state index in [-0.39, 0.29) is 93.2 Å². The Morgan fingerprint density at radius 2 is 1.12 bits per heavy atom. The number of fused-ring (bicyclic) bond motifs is 6. The second-order valence-corrected chi connectivity index (χ2v) is 25.7. The van der Waals surface area contributed by atoms with E-state index in [0.29, 0.717) is 84.7 Å². The molecule has 3 aliphatic rings. The molecule has 2 atom stereocenters. The summed E-state index contributed by atoms with van der Waals surface area (Å²) in [6, 6.07) is 9.10. The Labute approximate surface area is 464 Å². The average molecular weight is 1200 g/mol. The van der Waals surface area contributed by atoms with Crippen LogP contribution in [-0.2, 0) is 94.2 Å². The Morgan fingerprint density at radius 1 is 0.613 bits per heavy atom. The van der Waals surface area contributed by atoms with Crippen LogP contribution in [-0.4, -0.2) is 161 Å². The van der Waals surface area contributed by atoms with E-state index in [4.69, 9.17) is 28.5 Å². The number of unbranched alkanes of at least 4 members (excludes halogenated alkanes) is 2. The molecule has 1 fully saturated rings. The lowest BCUT2D eigenvalue weighted by Crippen LogP contribution is -2.44. The molecule has 7 rings (SSSR count). The van der Waals surface area contributed by atoms with E-state index in [9.17, 15) is 66.3 Å². The van der Waals surface area contributed by atoms with Gasteiger partial charge in [0, 0.05) is 91.9 Å². The van der Waals surface area contributed by atoms with Crippen molar-refractivity contribution in [2.24, 2.45) is 0 Å². The number of methoxy groups -OCH3 is 2. The molecule has 1 saturated heterocycles. The second kappa shape index (κ2) is 24.9. The zero-order valence-corrected chi connectivity index (χ0v) is 47.9. The van der Waals surface area contributed by atoms with Crippen molar-refractivity contribution in [3.8, 4) is 0 Å². The van der Waals surface area contributed by atoms with Crippen LogP contribution in [0.2, 0.25) is 0 Å². The van der Waals surface area contributed by atoms with Crippen LogP contribution in [0, 0.1) is 0 Å². The van der Waals surface area contributed by atoms with Gasteiger partial charge >= 0.3 is 5.97 Å². The molecule has 28 heteroatoms. The van der Waals surface area contributed by atoms with Crippen LogP contribution in [0.25, 0.3) is 21.5 Å². The molecule has 0 saturated carbocycles. The molecule has 3 aliphatic heterocycles. The van der Waals surface area contributed by atoms with Gasteiger partial charge in [-0.25, -0.2) is 4.79 Å². The van der Waals surface area contributed by atoms with Gasteiger partial charge in [0.15, 0.2) is 0 Å². The van der Waals surface area contributed by atoms with E-state index in [0.717, 1.165) is 12.1 Å². The molecule has 4 aromatic rings. The molecule has 0 aromatic heterocycles. The number of nitrogens with zero attached hydrogens (tertiary/aromatic N) is 3. The Hall–Kier alpha value is -5.47. The number of hydroxylamine groups is 2. The van der Waals surface area contributed by atoms with Crippen LogP contribution in [0.3, 0.4) is 0 Å². The lowest BCUT2D eigenvalue weighted by atomic mass is 9.74. The van der Waals surface area contributed by atoms with Gasteiger partial charge in [-0.2, -0.15) is 33.7 Å². The molecule has 2 amide bonds. The van der Waals surface area contributed by atoms with Crippen LogP contribution in [0.1, 0.15) is 76.8 Å². The lowest BCUT2D eigenvalue weighted by molar-refractivity contribution is -0.197. The quantitative estimate of drug-likeness (QED) is 0.0307. The summed E-state index contributed by atoms with van der Waals surface area (Å²) in [6.45, 7) is 8.12. The van der Waals surface area contributed by atoms with Crippen molar-refractivity contribution in [3.63, 3.8) is 0 Å². The number of carbonyl (C=O) groups is 3. The number of ether oxygens (including phenoxy) is 5. The third-order valence-electron chi connectivity index (χ3n) is 14.5. The van der Waals surface area contributed by atoms with E-state index < -0.39 is 94.7 Å². The highest BCUT2D eigenvalue weighted by atomic mass is 32.2. The maximum Gasteiger partial charge on any atom is 0.333 e. The number of anilines is 2. The molecular formula is C52H65N3O21S4. The summed E-state index contributed by atoms with van der Waals surface area (Å²) in [7, 11) is -17.2. The number of imide groups is 1. The van der Waals surface area contributed by atoms with Crippen LogP contribution in [0.5, 0.6) is 0 Å². The predicted molar refractivity (Wildman–Crippen MR) is 290 cm³/mol. The largest absolute Gasteiger partial charge is 0.383 e. The van der Waals surface area contributed by atoms with E-state index in [1.165, 1.54) is 19.2 Å². The smallest absolute Gasteiger partial charge is 0.333 e. The van der Waals surface area contributed by atoms with Crippen molar-refractivity contribution in [1.82, 2.24) is 5.06 Å². The van der Waals surface area contributed by atoms with E-state index in [2.05, 4.69) is 0 Å². The number of rotatable bonds is 28. The molecule has 24 nitrogen and oxygen atoms in total. The third kappa shape index (κ3) is 13.5. The summed E-state index contributed by atoms with van der Waals surface area (Å²) < 4.78 is 171. The molecule has 0 bridgehead atoms. The Bertz CT molecular complexity index is 3550. The van der Waals surface area contributed by atoms with Gasteiger partial charge in [-0.1, -0.05) is 51.5 Å². The molecule has 4 aromatic carbocycles. The van der Waals surface area contributed by atoms with E-state index >= 15 is 0 Å². The summed E-state index contributed by atoms with van der Waals surface area (Å²) >= 11 is 0. The number of carbonyl (C=O) groups excluding carboxylic acids is 3. The van der Waals surface area contributed by atoms with Gasteiger partial charge in [0.25, 0.3) is 52.3 Å². The van der Waals surface area contributed by atoms with Crippen molar-refractivity contribution in [2.75, 3.05) is 90.0 Å². The van der Waals surface area contributed by atoms with Crippen LogP contribution < -0.4 is 9.80 Å². The Morgan fingerprint density at radius 3 is 1.65 bits per heavy atom. The number of amides is 2. The van der Waals surface area contributed by atoms with Gasteiger partial charge in [0.1, 0.15) is 9.79 Å². The zero-order valence-electron chi connectivity index (χ0n) is 44.7. The SMILES string of the molecule is COCCOCCOCCOCCC1(C)c2c(ccc3c(S(=O)(=O)O)cc(S(=O)(=O)O)cc23)N(CCOC)C1/C=C/C=C1/N(CCCCCC(=O)ON2C(=O)CCC2=O)c2ccc3c(S(=O)(=O)O)cc(S(=O)(=O)O)cc3c2C1(C)C. The zero-order chi connectivity index (χ0) is 58.6.